The van der Waals surface area contributed by atoms with Crippen LogP contribution in [0.25, 0.3) is 0 Å². The molecule has 3 aliphatic rings. The molecule has 0 bridgehead atoms. The van der Waals surface area contributed by atoms with Crippen LogP contribution >= 0.6 is 0 Å². The van der Waals surface area contributed by atoms with Gasteiger partial charge in [0, 0.05) is 31.4 Å². The first-order chi connectivity index (χ1) is 25.5. The van der Waals surface area contributed by atoms with Gasteiger partial charge in [-0.05, 0) is 68.4 Å². The molecular formula is C37H66N6O10SSi2. The minimum absolute atomic E-state index is 0.0540. The number of likely N-dealkylation sites (tertiary alicyclic amines) is 1. The van der Waals surface area contributed by atoms with Gasteiger partial charge in [-0.1, -0.05) is 55.4 Å². The Morgan fingerprint density at radius 1 is 1.07 bits per heavy atom. The van der Waals surface area contributed by atoms with Crippen molar-refractivity contribution < 1.29 is 35.8 Å². The lowest BCUT2D eigenvalue weighted by Crippen LogP contribution is -2.59. The van der Waals surface area contributed by atoms with E-state index in [0.29, 0.717) is 19.4 Å². The van der Waals surface area contributed by atoms with Crippen LogP contribution in [0, 0.1) is 12.8 Å². The number of rotatable bonds is 13. The Morgan fingerprint density at radius 2 is 1.68 bits per heavy atom. The van der Waals surface area contributed by atoms with Gasteiger partial charge in [0.25, 0.3) is 15.7 Å². The van der Waals surface area contributed by atoms with Crippen molar-refractivity contribution in [3.8, 4) is 0 Å². The Bertz CT molecular complexity index is 1920. The number of aryl methyl sites for hydroxylation is 1. The van der Waals surface area contributed by atoms with E-state index in [1.165, 1.54) is 15.7 Å². The standard InChI is InChI=1S/C37H66N6O10SSi2/c1-23(2)28(39)32(46)41-18-14-16-25(41)30(44)40-17-15-19-42-31(45)24(3)20-43(34(42)47)33-29(52-56(12,13)36(7,8)9)37(26(38)22-54(48,49)53-37)27(51-33)21-50-55(10,11)35(4,5)6/h20,22-23,25,27-29,33H,14-19,21,38-39H2,1-13H3,(H,40,44)/t25-,27-,28+,29+,33-,37-/m1/s1. The third-order valence-corrected chi connectivity index (χ3v) is 22.4. The average molecular weight is 843 g/mol. The summed E-state index contributed by atoms with van der Waals surface area (Å²) >= 11 is 0. The van der Waals surface area contributed by atoms with Gasteiger partial charge < -0.3 is 35.3 Å². The summed E-state index contributed by atoms with van der Waals surface area (Å²) < 4.78 is 54.8. The first-order valence-electron chi connectivity index (χ1n) is 19.6. The molecule has 16 nitrogen and oxygen atoms in total. The highest BCUT2D eigenvalue weighted by Gasteiger charge is 2.67. The summed E-state index contributed by atoms with van der Waals surface area (Å²) in [5, 5.41) is 3.17. The maximum atomic E-state index is 14.4. The number of nitrogens with zero attached hydrogens (tertiary/aromatic N) is 3. The molecule has 0 unspecified atom stereocenters. The predicted molar refractivity (Wildman–Crippen MR) is 219 cm³/mol. The number of nitrogens with one attached hydrogen (secondary N) is 1. The molecule has 0 aliphatic carbocycles. The number of amides is 2. The molecule has 318 valence electrons. The molecule has 0 aromatic carbocycles. The maximum absolute atomic E-state index is 14.4. The van der Waals surface area contributed by atoms with Crippen molar-refractivity contribution in [2.75, 3.05) is 19.7 Å². The first-order valence-corrected chi connectivity index (χ1v) is 26.8. The molecule has 6 atom stereocenters. The summed E-state index contributed by atoms with van der Waals surface area (Å²) in [6.45, 7) is 26.1. The van der Waals surface area contributed by atoms with Gasteiger partial charge in [-0.25, -0.2) is 8.98 Å². The summed E-state index contributed by atoms with van der Waals surface area (Å²) in [7, 11) is -9.51. The van der Waals surface area contributed by atoms with Crippen LogP contribution in [0.15, 0.2) is 26.9 Å². The molecule has 3 aliphatic heterocycles. The minimum atomic E-state index is -4.29. The quantitative estimate of drug-likeness (QED) is 0.149. The number of carbonyl (C=O) groups is 2. The van der Waals surface area contributed by atoms with E-state index in [1.54, 1.807) is 6.92 Å². The number of hydrogen-bond acceptors (Lipinski definition) is 12. The van der Waals surface area contributed by atoms with Gasteiger partial charge in [-0.15, -0.1) is 0 Å². The largest absolute Gasteiger partial charge is 0.414 e. The van der Waals surface area contributed by atoms with E-state index in [2.05, 4.69) is 39.2 Å². The monoisotopic (exact) mass is 842 g/mol. The van der Waals surface area contributed by atoms with E-state index < -0.39 is 74.1 Å². The molecule has 2 fully saturated rings. The zero-order valence-corrected chi connectivity index (χ0v) is 38.4. The van der Waals surface area contributed by atoms with E-state index >= 15 is 0 Å². The zero-order chi connectivity index (χ0) is 42.6. The summed E-state index contributed by atoms with van der Waals surface area (Å²) in [4.78, 5) is 55.6. The molecule has 0 saturated carbocycles. The van der Waals surface area contributed by atoms with E-state index in [4.69, 9.17) is 29.2 Å². The number of aromatic nitrogens is 2. The van der Waals surface area contributed by atoms with Crippen LogP contribution in [-0.2, 0) is 44.0 Å². The van der Waals surface area contributed by atoms with E-state index in [0.717, 1.165) is 9.98 Å². The van der Waals surface area contributed by atoms with Crippen LogP contribution in [0.1, 0.15) is 86.4 Å². The van der Waals surface area contributed by atoms with E-state index in [1.807, 2.05) is 47.7 Å². The fourth-order valence-electron chi connectivity index (χ4n) is 6.70. The topological polar surface area (TPSA) is 217 Å². The van der Waals surface area contributed by atoms with Gasteiger partial charge in [-0.2, -0.15) is 8.42 Å². The normalized spacial score (nSPS) is 26.3. The summed E-state index contributed by atoms with van der Waals surface area (Å²) in [5.41, 5.74) is 9.68. The van der Waals surface area contributed by atoms with Gasteiger partial charge in [0.2, 0.25) is 11.8 Å². The van der Waals surface area contributed by atoms with Crippen molar-refractivity contribution in [2.24, 2.45) is 17.4 Å². The fraction of sp³-hybridized carbons (Fsp3) is 0.784. The number of hydrogen-bond donors (Lipinski definition) is 3. The Morgan fingerprint density at radius 3 is 2.21 bits per heavy atom. The molecule has 2 saturated heterocycles. The molecule has 5 N–H and O–H groups in total. The van der Waals surface area contributed by atoms with Crippen LogP contribution in [-0.4, -0.2) is 100 Å². The molecule has 56 heavy (non-hydrogen) atoms. The van der Waals surface area contributed by atoms with Crippen molar-refractivity contribution in [1.29, 1.82) is 0 Å². The second kappa shape index (κ2) is 16.2. The van der Waals surface area contributed by atoms with Crippen LogP contribution in [0.5, 0.6) is 0 Å². The van der Waals surface area contributed by atoms with E-state index in [-0.39, 0.29) is 65.2 Å². The lowest BCUT2D eigenvalue weighted by molar-refractivity contribution is -0.140. The van der Waals surface area contributed by atoms with Gasteiger partial charge in [0.05, 0.1) is 23.8 Å². The SMILES string of the molecule is Cc1cn([C@@H]2O[C@H](CO[Si](C)(C)C(C)(C)C)[C@@]3(OS(=O)(=O)C=C3N)[C@H]2O[Si](C)(C)C(C)(C)C)c(=O)n(CCCNC(=O)[C@H]2CCCN2C(=O)[C@@H](N)C(C)C)c1=O. The lowest BCUT2D eigenvalue weighted by Gasteiger charge is -2.43. The maximum Gasteiger partial charge on any atom is 0.333 e. The second-order valence-electron chi connectivity index (χ2n) is 18.9. The number of carbonyl (C=O) groups excluding carboxylic acids is 2. The summed E-state index contributed by atoms with van der Waals surface area (Å²) in [6, 6.07) is -1.35. The third-order valence-electron chi connectivity index (χ3n) is 12.4. The molecular weight excluding hydrogens is 777 g/mol. The van der Waals surface area contributed by atoms with Crippen molar-refractivity contribution in [1.82, 2.24) is 19.4 Å². The average Bonchev–Trinajstić information content (AvgIpc) is 3.73. The molecule has 1 aromatic heterocycles. The Kier molecular flexibility index (Phi) is 13.3. The van der Waals surface area contributed by atoms with Gasteiger partial charge in [0.1, 0.15) is 18.2 Å². The molecule has 4 rings (SSSR count). The summed E-state index contributed by atoms with van der Waals surface area (Å²) in [6.07, 6.45) is -0.846. The minimum Gasteiger partial charge on any atom is -0.414 e. The van der Waals surface area contributed by atoms with Gasteiger partial charge >= 0.3 is 5.69 Å². The van der Waals surface area contributed by atoms with E-state index in [9.17, 15) is 27.6 Å². The van der Waals surface area contributed by atoms with Crippen molar-refractivity contribution in [2.45, 2.75) is 161 Å². The first kappa shape index (κ1) is 46.0. The smallest absolute Gasteiger partial charge is 0.333 e. The van der Waals surface area contributed by atoms with Crippen molar-refractivity contribution >= 4 is 38.6 Å². The zero-order valence-electron chi connectivity index (χ0n) is 35.6. The highest BCUT2D eigenvalue weighted by atomic mass is 32.2. The van der Waals surface area contributed by atoms with Crippen LogP contribution in [0.4, 0.5) is 0 Å². The van der Waals surface area contributed by atoms with Crippen LogP contribution in [0.3, 0.4) is 0 Å². The molecule has 0 radical (unpaired) electrons. The molecule has 4 heterocycles. The molecule has 1 aromatic rings. The lowest BCUT2D eigenvalue weighted by atomic mass is 9.89. The highest BCUT2D eigenvalue weighted by Crippen LogP contribution is 2.52. The Labute approximate surface area is 334 Å². The van der Waals surface area contributed by atoms with Crippen LogP contribution in [0.2, 0.25) is 36.3 Å². The number of ether oxygens (including phenoxy) is 1. The van der Waals surface area contributed by atoms with Gasteiger partial charge in [0.15, 0.2) is 28.5 Å². The fourth-order valence-corrected chi connectivity index (χ4v) is 10.2. The predicted octanol–water partition coefficient (Wildman–Crippen LogP) is 3.01. The van der Waals surface area contributed by atoms with Crippen LogP contribution < -0.4 is 28.0 Å². The molecule has 19 heteroatoms. The summed E-state index contributed by atoms with van der Waals surface area (Å²) in [5.74, 6) is -0.659. The number of nitrogens with two attached hydrogens (primary N) is 2. The van der Waals surface area contributed by atoms with Crippen molar-refractivity contribution in [3.63, 3.8) is 0 Å². The molecule has 2 amide bonds. The molecule has 1 spiro atoms. The third kappa shape index (κ3) is 8.99. The van der Waals surface area contributed by atoms with Crippen molar-refractivity contribution in [3.05, 3.63) is 43.7 Å². The second-order valence-corrected chi connectivity index (χ2v) is 29.8. The highest BCUT2D eigenvalue weighted by molar-refractivity contribution is 7.90. The Hall–Kier alpha value is -2.66. The van der Waals surface area contributed by atoms with Gasteiger partial charge in [-0.3, -0.25) is 23.5 Å². The Balaban J connectivity index is 1.69.